The van der Waals surface area contributed by atoms with Crippen molar-refractivity contribution in [2.75, 3.05) is 17.6 Å². The molecule has 0 aliphatic carbocycles. The van der Waals surface area contributed by atoms with Gasteiger partial charge in [-0.05, 0) is 34.5 Å². The van der Waals surface area contributed by atoms with Crippen LogP contribution >= 0.6 is 15.9 Å². The van der Waals surface area contributed by atoms with Gasteiger partial charge < -0.3 is 5.32 Å². The highest BCUT2D eigenvalue weighted by atomic mass is 79.9. The third-order valence-corrected chi connectivity index (χ3v) is 4.70. The molecule has 0 fully saturated rings. The number of benzene rings is 1. The van der Waals surface area contributed by atoms with E-state index in [1.54, 1.807) is 0 Å². The van der Waals surface area contributed by atoms with E-state index in [9.17, 15) is 12.8 Å². The number of anilines is 1. The van der Waals surface area contributed by atoms with Gasteiger partial charge in [-0.1, -0.05) is 0 Å². The Balaban J connectivity index is 2.68. The van der Waals surface area contributed by atoms with E-state index in [1.807, 2.05) is 0 Å². The second kappa shape index (κ2) is 3.75. The molecule has 0 bridgehead atoms. The fraction of sp³-hybridized carbons (Fsp3) is 0.333. The molecule has 2 rings (SSSR count). The van der Waals surface area contributed by atoms with Gasteiger partial charge in [0.25, 0.3) is 0 Å². The predicted molar refractivity (Wildman–Crippen MR) is 59.3 cm³/mol. The van der Waals surface area contributed by atoms with Crippen LogP contribution in [0.5, 0.6) is 0 Å². The average molecular weight is 294 g/mol. The van der Waals surface area contributed by atoms with Crippen molar-refractivity contribution in [1.82, 2.24) is 0 Å². The molecule has 0 aromatic heterocycles. The van der Waals surface area contributed by atoms with Gasteiger partial charge in [0.1, 0.15) is 5.82 Å². The number of sulfone groups is 1. The van der Waals surface area contributed by atoms with Gasteiger partial charge in [0.15, 0.2) is 9.84 Å². The average Bonchev–Trinajstić information content (AvgIpc) is 2.29. The molecule has 1 N–H and O–H groups in total. The van der Waals surface area contributed by atoms with E-state index in [0.717, 1.165) is 6.07 Å². The summed E-state index contributed by atoms with van der Waals surface area (Å²) in [5.74, 6) is -0.491. The molecule has 0 saturated heterocycles. The van der Waals surface area contributed by atoms with E-state index in [1.165, 1.54) is 6.07 Å². The first-order valence-corrected chi connectivity index (χ1v) is 6.91. The van der Waals surface area contributed by atoms with E-state index in [0.29, 0.717) is 18.7 Å². The zero-order valence-electron chi connectivity index (χ0n) is 7.76. The van der Waals surface area contributed by atoms with Gasteiger partial charge in [-0.2, -0.15) is 0 Å². The molecule has 1 aliphatic heterocycles. The normalized spacial score (nSPS) is 18.8. The lowest BCUT2D eigenvalue weighted by molar-refractivity contribution is 0.590. The number of halogens is 2. The molecule has 0 unspecified atom stereocenters. The molecule has 1 aromatic carbocycles. The monoisotopic (exact) mass is 293 g/mol. The summed E-state index contributed by atoms with van der Waals surface area (Å²) in [6.07, 6.45) is 0.538. The summed E-state index contributed by atoms with van der Waals surface area (Å²) in [4.78, 5) is 0.0562. The van der Waals surface area contributed by atoms with Gasteiger partial charge in [0, 0.05) is 6.54 Å². The Hall–Kier alpha value is -0.620. The molecule has 1 aromatic rings. The maximum absolute atomic E-state index is 13.2. The van der Waals surface area contributed by atoms with E-state index >= 15 is 0 Å². The van der Waals surface area contributed by atoms with E-state index < -0.39 is 15.7 Å². The molecule has 1 heterocycles. The zero-order chi connectivity index (χ0) is 11.1. The highest BCUT2D eigenvalue weighted by Crippen LogP contribution is 2.30. The lowest BCUT2D eigenvalue weighted by Gasteiger charge is -2.08. The molecule has 0 saturated carbocycles. The predicted octanol–water partition coefficient (Wildman–Crippen LogP) is 2.18. The Bertz CT molecular complexity index is 501. The minimum absolute atomic E-state index is 0.0562. The highest BCUT2D eigenvalue weighted by molar-refractivity contribution is 9.10. The Kier molecular flexibility index (Phi) is 2.72. The van der Waals surface area contributed by atoms with Crippen molar-refractivity contribution in [1.29, 1.82) is 0 Å². The molecule has 0 spiro atoms. The summed E-state index contributed by atoms with van der Waals surface area (Å²) in [6.45, 7) is 0.588. The highest BCUT2D eigenvalue weighted by Gasteiger charge is 2.23. The maximum Gasteiger partial charge on any atom is 0.180 e. The van der Waals surface area contributed by atoms with Crippen LogP contribution in [0.15, 0.2) is 21.5 Å². The minimum Gasteiger partial charge on any atom is -0.384 e. The Morgan fingerprint density at radius 3 is 2.87 bits per heavy atom. The lowest BCUT2D eigenvalue weighted by Crippen LogP contribution is -2.05. The quantitative estimate of drug-likeness (QED) is 0.797. The summed E-state index contributed by atoms with van der Waals surface area (Å²) in [6, 6.07) is 2.53. The minimum atomic E-state index is -3.34. The summed E-state index contributed by atoms with van der Waals surface area (Å²) in [5.41, 5.74) is 0.473. The number of fused-ring (bicyclic) bond motifs is 1. The van der Waals surface area contributed by atoms with Gasteiger partial charge in [-0.3, -0.25) is 0 Å². The van der Waals surface area contributed by atoms with Crippen LogP contribution in [0.1, 0.15) is 6.42 Å². The smallest absolute Gasteiger partial charge is 0.180 e. The van der Waals surface area contributed by atoms with Crippen molar-refractivity contribution in [3.05, 3.63) is 22.4 Å². The van der Waals surface area contributed by atoms with Crippen LogP contribution < -0.4 is 5.32 Å². The SMILES string of the molecule is O=S1(=O)CCCNc2cc(Br)c(F)cc21. The molecule has 82 valence electrons. The molecule has 15 heavy (non-hydrogen) atoms. The first-order chi connectivity index (χ1) is 7.00. The second-order valence-corrected chi connectivity index (χ2v) is 6.29. The fourth-order valence-electron chi connectivity index (χ4n) is 1.52. The first-order valence-electron chi connectivity index (χ1n) is 4.46. The molecular formula is C9H9BrFNO2S. The van der Waals surface area contributed by atoms with Crippen molar-refractivity contribution in [2.45, 2.75) is 11.3 Å². The molecule has 1 aliphatic rings. The van der Waals surface area contributed by atoms with Crippen molar-refractivity contribution in [3.63, 3.8) is 0 Å². The number of nitrogens with one attached hydrogen (secondary N) is 1. The van der Waals surface area contributed by atoms with E-state index in [4.69, 9.17) is 0 Å². The summed E-state index contributed by atoms with van der Waals surface area (Å²) in [5, 5.41) is 2.97. The summed E-state index contributed by atoms with van der Waals surface area (Å²) < 4.78 is 37.0. The molecule has 0 atom stereocenters. The Labute approximate surface area is 95.7 Å². The van der Waals surface area contributed by atoms with Gasteiger partial charge in [-0.15, -0.1) is 0 Å². The van der Waals surface area contributed by atoms with Crippen LogP contribution in [0, 0.1) is 5.82 Å². The van der Waals surface area contributed by atoms with Crippen LogP contribution in [-0.4, -0.2) is 20.7 Å². The van der Waals surface area contributed by atoms with Crippen LogP contribution in [0.2, 0.25) is 0 Å². The zero-order valence-corrected chi connectivity index (χ0v) is 10.2. The van der Waals surface area contributed by atoms with Crippen LogP contribution in [0.4, 0.5) is 10.1 Å². The summed E-state index contributed by atoms with van der Waals surface area (Å²) >= 11 is 3.03. The summed E-state index contributed by atoms with van der Waals surface area (Å²) in [7, 11) is -3.34. The number of rotatable bonds is 0. The number of hydrogen-bond acceptors (Lipinski definition) is 3. The Morgan fingerprint density at radius 1 is 1.40 bits per heavy atom. The lowest BCUT2D eigenvalue weighted by atomic mass is 10.3. The number of hydrogen-bond donors (Lipinski definition) is 1. The van der Waals surface area contributed by atoms with Gasteiger partial charge in [0.05, 0.1) is 20.8 Å². The molecule has 0 radical (unpaired) electrons. The Morgan fingerprint density at radius 2 is 2.13 bits per heavy atom. The third-order valence-electron chi connectivity index (χ3n) is 2.26. The van der Waals surface area contributed by atoms with Crippen molar-refractivity contribution < 1.29 is 12.8 Å². The van der Waals surface area contributed by atoms with Gasteiger partial charge in [-0.25, -0.2) is 12.8 Å². The molecular weight excluding hydrogens is 285 g/mol. The largest absolute Gasteiger partial charge is 0.384 e. The maximum atomic E-state index is 13.2. The van der Waals surface area contributed by atoms with Crippen molar-refractivity contribution >= 4 is 31.5 Å². The van der Waals surface area contributed by atoms with Crippen molar-refractivity contribution in [2.24, 2.45) is 0 Å². The van der Waals surface area contributed by atoms with Crippen LogP contribution in [0.3, 0.4) is 0 Å². The van der Waals surface area contributed by atoms with E-state index in [2.05, 4.69) is 21.2 Å². The molecule has 0 amide bonds. The van der Waals surface area contributed by atoms with Gasteiger partial charge in [0.2, 0.25) is 0 Å². The first kappa shape index (κ1) is 10.9. The van der Waals surface area contributed by atoms with Crippen LogP contribution in [0.25, 0.3) is 0 Å². The second-order valence-electron chi connectivity index (χ2n) is 3.36. The molecule has 3 nitrogen and oxygen atoms in total. The van der Waals surface area contributed by atoms with Crippen molar-refractivity contribution in [3.8, 4) is 0 Å². The third kappa shape index (κ3) is 2.01. The van der Waals surface area contributed by atoms with Gasteiger partial charge >= 0.3 is 0 Å². The molecule has 6 heteroatoms. The van der Waals surface area contributed by atoms with Crippen LogP contribution in [-0.2, 0) is 9.84 Å². The van der Waals surface area contributed by atoms with E-state index in [-0.39, 0.29) is 15.1 Å². The standard InChI is InChI=1S/C9H9BrFNO2S/c10-6-4-8-9(5-7(6)11)15(13,14)3-1-2-12-8/h4-5,12H,1-3H2. The topological polar surface area (TPSA) is 46.2 Å². The fourth-order valence-corrected chi connectivity index (χ4v) is 3.36.